The van der Waals surface area contributed by atoms with Crippen molar-refractivity contribution in [1.29, 1.82) is 0 Å². The molecule has 114 heavy (non-hydrogen) atoms. The average Bonchev–Trinajstić information content (AvgIpc) is 1.65. The molecule has 31 nitrogen and oxygen atoms in total. The number of nitrogens with one attached hydrogen (secondary N) is 8. The maximum atomic E-state index is 15.8. The van der Waals surface area contributed by atoms with Crippen LogP contribution in [0.3, 0.4) is 0 Å². The van der Waals surface area contributed by atoms with E-state index in [1.54, 1.807) is 159 Å². The largest absolute Gasteiger partial charge is 0.496 e. The molecule has 0 radical (unpaired) electrons. The maximum Gasteiger partial charge on any atom is 0.329 e. The number of aromatic nitrogens is 1. The van der Waals surface area contributed by atoms with Gasteiger partial charge in [-0.15, -0.1) is 0 Å². The van der Waals surface area contributed by atoms with Crippen LogP contribution in [0.4, 0.5) is 0 Å². The van der Waals surface area contributed by atoms with E-state index >= 15 is 52.7 Å². The number of hydrogen-bond acceptors (Lipinski definition) is 18. The van der Waals surface area contributed by atoms with Gasteiger partial charge in [-0.1, -0.05) is 167 Å². The van der Waals surface area contributed by atoms with Crippen LogP contribution >= 0.6 is 0 Å². The summed E-state index contributed by atoms with van der Waals surface area (Å²) in [6.45, 7) is 33.0. The SMILES string of the molecule is CCC(C)C(C(=O)NC1C(=O)N(C)C(C(C)O)C(=O)NC(C(C)C)C(=O)N(C)C(CC(C)C)C(=O)NC(C(C)C)C(=O)N(C)C(C(C)C)C(=O)N(C)C(Cc2c[nH]c3cccc(OC)c23)C(=O)NC(C(C)C)C(=O)NC(C(O)c2ccccc2)C(=O)NC(C(C)C)C(=O)OC1C)N(C)C(=O)C(NC(=O)C(C(C)C)N(C)C)C(C)C. The predicted molar refractivity (Wildman–Crippen MR) is 434 cm³/mol. The van der Waals surface area contributed by atoms with Gasteiger partial charge >= 0.3 is 5.97 Å². The Kier molecular flexibility index (Phi) is 36.6. The highest BCUT2D eigenvalue weighted by Gasteiger charge is 2.48. The number of H-pyrrole nitrogens is 1. The van der Waals surface area contributed by atoms with E-state index in [4.69, 9.17) is 9.47 Å². The average molecular weight is 1600 g/mol. The number of fused-ring (bicyclic) bond motifs is 1. The lowest BCUT2D eigenvalue weighted by atomic mass is 9.93. The number of carbonyl (C=O) groups excluding carboxylic acids is 13. The normalized spacial score (nSPS) is 24.3. The summed E-state index contributed by atoms with van der Waals surface area (Å²) in [7, 11) is 11.6. The van der Waals surface area contributed by atoms with Gasteiger partial charge in [-0.3, -0.25) is 62.4 Å². The Morgan fingerprint density at radius 2 is 1.04 bits per heavy atom. The molecule has 17 atom stereocenters. The zero-order valence-electron chi connectivity index (χ0n) is 72.5. The number of nitrogens with zero attached hydrogens (tertiary/aromatic N) is 6. The predicted octanol–water partition coefficient (Wildman–Crippen LogP) is 3.92. The molecule has 0 bridgehead atoms. The Labute approximate surface area is 674 Å². The summed E-state index contributed by atoms with van der Waals surface area (Å²) in [5.41, 5.74) is 1.27. The van der Waals surface area contributed by atoms with Gasteiger partial charge in [-0.2, -0.15) is 0 Å². The maximum absolute atomic E-state index is 15.8. The Bertz CT molecular complexity index is 3800. The molecule has 1 aliphatic heterocycles. The van der Waals surface area contributed by atoms with Crippen molar-refractivity contribution in [3.8, 4) is 5.75 Å². The number of likely N-dealkylation sites (N-methyl/N-ethyl adjacent to an activating group) is 6. The summed E-state index contributed by atoms with van der Waals surface area (Å²) >= 11 is 0. The lowest BCUT2D eigenvalue weighted by molar-refractivity contribution is -0.161. The van der Waals surface area contributed by atoms with Crippen LogP contribution in [0.2, 0.25) is 0 Å². The van der Waals surface area contributed by atoms with Crippen LogP contribution < -0.4 is 42.0 Å². The summed E-state index contributed by atoms with van der Waals surface area (Å²) in [4.78, 5) is 208. The summed E-state index contributed by atoms with van der Waals surface area (Å²) in [6.07, 6.45) is -3.66. The molecule has 17 unspecified atom stereocenters. The number of rotatable bonds is 24. The molecule has 12 amide bonds. The van der Waals surface area contributed by atoms with Gasteiger partial charge in [-0.25, -0.2) is 4.79 Å². The smallest absolute Gasteiger partial charge is 0.329 e. The first-order valence-corrected chi connectivity index (χ1v) is 39.9. The van der Waals surface area contributed by atoms with E-state index < -0.39 is 215 Å². The molecule has 0 aliphatic carbocycles. The molecular formula is C83H134N14O17. The van der Waals surface area contributed by atoms with Gasteiger partial charge in [0.05, 0.1) is 19.3 Å². The third-order valence-corrected chi connectivity index (χ3v) is 21.7. The third-order valence-electron chi connectivity index (χ3n) is 21.7. The molecule has 1 saturated heterocycles. The highest BCUT2D eigenvalue weighted by Crippen LogP contribution is 2.32. The van der Waals surface area contributed by atoms with E-state index in [-0.39, 0.29) is 36.7 Å². The minimum Gasteiger partial charge on any atom is -0.496 e. The van der Waals surface area contributed by atoms with Crippen LogP contribution in [0.15, 0.2) is 54.7 Å². The summed E-state index contributed by atoms with van der Waals surface area (Å²) in [5.74, 6) is -16.5. The molecule has 3 aromatic rings. The van der Waals surface area contributed by atoms with E-state index in [0.717, 1.165) is 16.8 Å². The quantitative estimate of drug-likeness (QED) is 0.0568. The Hall–Kier alpha value is -9.23. The zero-order valence-corrected chi connectivity index (χ0v) is 72.5. The van der Waals surface area contributed by atoms with Crippen LogP contribution in [0.25, 0.3) is 10.9 Å². The first-order chi connectivity index (χ1) is 53.0. The molecule has 10 N–H and O–H groups in total. The van der Waals surface area contributed by atoms with Gasteiger partial charge in [0.2, 0.25) is 70.9 Å². The number of aliphatic hydroxyl groups is 2. The topological polar surface area (TPSA) is 400 Å². The molecule has 1 fully saturated rings. The highest BCUT2D eigenvalue weighted by atomic mass is 16.5. The van der Waals surface area contributed by atoms with Crippen molar-refractivity contribution >= 4 is 87.8 Å². The second-order valence-electron chi connectivity index (χ2n) is 33.8. The van der Waals surface area contributed by atoms with Gasteiger partial charge in [0.1, 0.15) is 90.5 Å². The van der Waals surface area contributed by atoms with Crippen LogP contribution in [-0.4, -0.2) is 269 Å². The summed E-state index contributed by atoms with van der Waals surface area (Å²) in [6, 6.07) is -6.23. The highest BCUT2D eigenvalue weighted by molar-refractivity contribution is 6.01. The fourth-order valence-corrected chi connectivity index (χ4v) is 14.8. The fourth-order valence-electron chi connectivity index (χ4n) is 14.8. The molecule has 0 spiro atoms. The Morgan fingerprint density at radius 1 is 0.544 bits per heavy atom. The van der Waals surface area contributed by atoms with Crippen LogP contribution in [-0.2, 0) is 73.5 Å². The third kappa shape index (κ3) is 24.2. The van der Waals surface area contributed by atoms with Gasteiger partial charge in [0, 0.05) is 58.8 Å². The van der Waals surface area contributed by atoms with Crippen LogP contribution in [0.1, 0.15) is 169 Å². The number of aromatic amines is 1. The molecular weight excluding hydrogens is 1460 g/mol. The Morgan fingerprint density at radius 3 is 1.53 bits per heavy atom. The number of esters is 1. The van der Waals surface area contributed by atoms with E-state index in [2.05, 4.69) is 42.2 Å². The molecule has 638 valence electrons. The monoisotopic (exact) mass is 1600 g/mol. The van der Waals surface area contributed by atoms with Gasteiger partial charge in [0.15, 0.2) is 0 Å². The molecule has 1 aliphatic rings. The number of benzene rings is 2. The number of methoxy groups -OCH3 is 1. The number of hydrogen-bond donors (Lipinski definition) is 10. The standard InChI is InChI=1S/C83H134N14O17/c1-29-49(18)68(96(26)80(109)62(45(10)11)87-75(104)66(47(14)15)92(21)22)76(105)90-64-51(20)114-83(112)63(46(12)13)89-74(103)65(70(99)52-34-31-30-32-35-52)91-73(102)59(42(4)5)85-72(101)56(39-53-40-84-54-36-33-37-57(113-28)58(53)54)94(24)82(111)67(48(16)17)95(25)79(108)61(44(8)9)86-71(100)55(38-41(2)3)93(23)78(107)60(43(6)7)88-77(106)69(50(19)98)97(27)81(64)110/h30-37,40-51,55-56,59-70,84,98-99H,29,38-39H2,1-28H3,(H,85,101)(H,86,100)(H,87,104)(H,88,106)(H,89,103)(H,90,105)(H,91,102). The van der Waals surface area contributed by atoms with Crippen molar-refractivity contribution in [1.82, 2.24) is 71.6 Å². The molecule has 2 aromatic carbocycles. The van der Waals surface area contributed by atoms with Gasteiger partial charge in [0.25, 0.3) is 0 Å². The minimum atomic E-state index is -2.02. The zero-order chi connectivity index (χ0) is 86.8. The van der Waals surface area contributed by atoms with Gasteiger partial charge in [-0.05, 0) is 111 Å². The molecule has 2 heterocycles. The number of aliphatic hydroxyl groups excluding tert-OH is 2. The molecule has 1 aromatic heterocycles. The van der Waals surface area contributed by atoms with Crippen LogP contribution in [0.5, 0.6) is 5.75 Å². The van der Waals surface area contributed by atoms with Crippen molar-refractivity contribution in [2.24, 2.45) is 53.3 Å². The molecule has 31 heteroatoms. The first-order valence-electron chi connectivity index (χ1n) is 39.9. The summed E-state index contributed by atoms with van der Waals surface area (Å²) in [5, 5.41) is 44.0. The lowest BCUT2D eigenvalue weighted by Crippen LogP contribution is -2.65. The minimum absolute atomic E-state index is 0.0286. The van der Waals surface area contributed by atoms with Gasteiger partial charge < -0.3 is 86.4 Å². The number of cyclic esters (lactones) is 1. The lowest BCUT2D eigenvalue weighted by Gasteiger charge is -2.39. The second-order valence-corrected chi connectivity index (χ2v) is 33.8. The number of amides is 12. The first kappa shape index (κ1) is 97.1. The Balaban J connectivity index is 2.09. The van der Waals surface area contributed by atoms with Crippen molar-refractivity contribution in [3.05, 3.63) is 65.9 Å². The van der Waals surface area contributed by atoms with Crippen molar-refractivity contribution in [3.63, 3.8) is 0 Å². The molecule has 0 saturated carbocycles. The number of ether oxygens (including phenoxy) is 2. The van der Waals surface area contributed by atoms with Crippen molar-refractivity contribution < 1.29 is 82.0 Å². The van der Waals surface area contributed by atoms with E-state index in [1.807, 2.05) is 27.7 Å². The van der Waals surface area contributed by atoms with E-state index in [9.17, 15) is 19.8 Å². The van der Waals surface area contributed by atoms with E-state index in [1.165, 1.54) is 76.0 Å². The second kappa shape index (κ2) is 42.9. The summed E-state index contributed by atoms with van der Waals surface area (Å²) < 4.78 is 11.9. The van der Waals surface area contributed by atoms with Crippen molar-refractivity contribution in [2.45, 2.75) is 255 Å². The fraction of sp³-hybridized carbons (Fsp3) is 0.675. The van der Waals surface area contributed by atoms with Crippen molar-refractivity contribution in [2.75, 3.05) is 56.4 Å². The molecule has 4 rings (SSSR count). The van der Waals surface area contributed by atoms with Crippen LogP contribution in [0, 0.1) is 53.3 Å². The van der Waals surface area contributed by atoms with E-state index in [0.29, 0.717) is 22.2 Å². The number of carbonyl (C=O) groups is 13.